The number of thiophene rings is 1. The van der Waals surface area contributed by atoms with Crippen LogP contribution >= 0.6 is 35.3 Å². The zero-order chi connectivity index (χ0) is 18.4. The Hall–Kier alpha value is -1.79. The van der Waals surface area contributed by atoms with E-state index in [0.29, 0.717) is 36.2 Å². The standard InChI is InChI=1S/C20H19ClFNO2S.ClH/c1-24-19-10-15(12-23-11-14-4-6-16(22)7-5-14)9-18(21)20(19)25-13-17-3-2-8-26-17;/h2-10,23H,11-13H2,1H3;1H. The molecule has 0 radical (unpaired) electrons. The molecule has 0 aliphatic rings. The van der Waals surface area contributed by atoms with Crippen LogP contribution in [-0.4, -0.2) is 7.11 Å². The van der Waals surface area contributed by atoms with Gasteiger partial charge < -0.3 is 14.8 Å². The van der Waals surface area contributed by atoms with Crippen LogP contribution in [0.2, 0.25) is 5.02 Å². The fraction of sp³-hybridized carbons (Fsp3) is 0.200. The van der Waals surface area contributed by atoms with Crippen molar-refractivity contribution in [1.82, 2.24) is 5.32 Å². The van der Waals surface area contributed by atoms with Crippen LogP contribution in [0.5, 0.6) is 11.5 Å². The van der Waals surface area contributed by atoms with Crippen molar-refractivity contribution in [3.63, 3.8) is 0 Å². The average molecular weight is 428 g/mol. The Labute approximate surface area is 173 Å². The Morgan fingerprint density at radius 2 is 1.81 bits per heavy atom. The van der Waals surface area contributed by atoms with E-state index in [9.17, 15) is 4.39 Å². The molecular formula is C20H20Cl2FNO2S. The third-order valence-electron chi connectivity index (χ3n) is 3.80. The van der Waals surface area contributed by atoms with Gasteiger partial charge >= 0.3 is 0 Å². The normalized spacial score (nSPS) is 10.3. The molecule has 0 spiro atoms. The zero-order valence-electron chi connectivity index (χ0n) is 14.7. The van der Waals surface area contributed by atoms with Gasteiger partial charge in [-0.15, -0.1) is 23.7 Å². The summed E-state index contributed by atoms with van der Waals surface area (Å²) < 4.78 is 24.2. The van der Waals surface area contributed by atoms with E-state index < -0.39 is 0 Å². The molecule has 3 rings (SSSR count). The molecule has 0 aliphatic heterocycles. The van der Waals surface area contributed by atoms with Crippen LogP contribution in [0.1, 0.15) is 16.0 Å². The molecule has 0 fully saturated rings. The number of hydrogen-bond acceptors (Lipinski definition) is 4. The Morgan fingerprint density at radius 1 is 1.07 bits per heavy atom. The summed E-state index contributed by atoms with van der Waals surface area (Å²) in [5.41, 5.74) is 2.00. The zero-order valence-corrected chi connectivity index (χ0v) is 17.1. The minimum atomic E-state index is -0.233. The third-order valence-corrected chi connectivity index (χ3v) is 4.93. The number of halogens is 3. The topological polar surface area (TPSA) is 30.5 Å². The highest BCUT2D eigenvalue weighted by molar-refractivity contribution is 7.09. The highest BCUT2D eigenvalue weighted by atomic mass is 35.5. The SMILES string of the molecule is COc1cc(CNCc2ccc(F)cc2)cc(Cl)c1OCc1cccs1.Cl. The van der Waals surface area contributed by atoms with Crippen LogP contribution in [0.25, 0.3) is 0 Å². The molecule has 0 aliphatic carbocycles. The number of methoxy groups -OCH3 is 1. The van der Waals surface area contributed by atoms with Crippen LogP contribution in [0.4, 0.5) is 4.39 Å². The van der Waals surface area contributed by atoms with Crippen LogP contribution in [0.3, 0.4) is 0 Å². The summed E-state index contributed by atoms with van der Waals surface area (Å²) in [6, 6.07) is 14.2. The summed E-state index contributed by atoms with van der Waals surface area (Å²) in [5, 5.41) is 5.83. The molecule has 7 heteroatoms. The van der Waals surface area contributed by atoms with Crippen molar-refractivity contribution >= 4 is 35.3 Å². The predicted molar refractivity (Wildman–Crippen MR) is 111 cm³/mol. The highest BCUT2D eigenvalue weighted by Crippen LogP contribution is 2.37. The number of hydrogen-bond donors (Lipinski definition) is 1. The van der Waals surface area contributed by atoms with E-state index in [-0.39, 0.29) is 18.2 Å². The highest BCUT2D eigenvalue weighted by Gasteiger charge is 2.12. The van der Waals surface area contributed by atoms with E-state index in [1.165, 1.54) is 12.1 Å². The van der Waals surface area contributed by atoms with E-state index in [0.717, 1.165) is 16.0 Å². The van der Waals surface area contributed by atoms with Gasteiger partial charge in [-0.1, -0.05) is 29.8 Å². The molecule has 3 nitrogen and oxygen atoms in total. The van der Waals surface area contributed by atoms with Crippen LogP contribution in [-0.2, 0) is 19.7 Å². The van der Waals surface area contributed by atoms with Crippen molar-refractivity contribution in [3.05, 3.63) is 80.8 Å². The minimum absolute atomic E-state index is 0. The first-order valence-electron chi connectivity index (χ1n) is 8.12. The largest absolute Gasteiger partial charge is 0.493 e. The second-order valence-electron chi connectivity index (χ2n) is 5.71. The summed E-state index contributed by atoms with van der Waals surface area (Å²) in [6.45, 7) is 1.70. The molecule has 144 valence electrons. The quantitative estimate of drug-likeness (QED) is 0.489. The maximum absolute atomic E-state index is 12.9. The van der Waals surface area contributed by atoms with Gasteiger partial charge in [0.05, 0.1) is 12.1 Å². The third kappa shape index (κ3) is 6.11. The van der Waals surface area contributed by atoms with Gasteiger partial charge in [0.2, 0.25) is 0 Å². The second-order valence-corrected chi connectivity index (χ2v) is 7.15. The predicted octanol–water partition coefficient (Wildman–Crippen LogP) is 5.84. The first-order chi connectivity index (χ1) is 12.7. The molecule has 0 saturated heterocycles. The molecule has 0 unspecified atom stereocenters. The van der Waals surface area contributed by atoms with Crippen molar-refractivity contribution in [3.8, 4) is 11.5 Å². The lowest BCUT2D eigenvalue weighted by Gasteiger charge is -2.14. The number of ether oxygens (including phenoxy) is 2. The van der Waals surface area contributed by atoms with E-state index in [1.807, 2.05) is 29.6 Å². The van der Waals surface area contributed by atoms with Gasteiger partial charge in [0.25, 0.3) is 0 Å². The van der Waals surface area contributed by atoms with E-state index in [1.54, 1.807) is 30.6 Å². The Kier molecular flexibility index (Phi) is 8.38. The Bertz CT molecular complexity index is 842. The van der Waals surface area contributed by atoms with E-state index in [2.05, 4.69) is 5.32 Å². The maximum Gasteiger partial charge on any atom is 0.180 e. The van der Waals surface area contributed by atoms with Crippen LogP contribution in [0.15, 0.2) is 53.9 Å². The molecule has 2 aromatic carbocycles. The van der Waals surface area contributed by atoms with Gasteiger partial charge in [-0.2, -0.15) is 0 Å². The molecular weight excluding hydrogens is 408 g/mol. The lowest BCUT2D eigenvalue weighted by atomic mass is 10.1. The Balaban J connectivity index is 0.00000261. The summed E-state index contributed by atoms with van der Waals surface area (Å²) >= 11 is 8.03. The Morgan fingerprint density at radius 3 is 2.48 bits per heavy atom. The summed E-state index contributed by atoms with van der Waals surface area (Å²) in [5.74, 6) is 0.917. The van der Waals surface area contributed by atoms with Crippen molar-refractivity contribution in [2.24, 2.45) is 0 Å². The second kappa shape index (κ2) is 10.5. The average Bonchev–Trinajstić information content (AvgIpc) is 3.15. The number of nitrogens with one attached hydrogen (secondary N) is 1. The number of benzene rings is 2. The first kappa shape index (κ1) is 21.5. The summed E-state index contributed by atoms with van der Waals surface area (Å²) in [4.78, 5) is 1.12. The van der Waals surface area contributed by atoms with Gasteiger partial charge in [-0.25, -0.2) is 4.39 Å². The van der Waals surface area contributed by atoms with Gasteiger partial charge in [0, 0.05) is 18.0 Å². The van der Waals surface area contributed by atoms with Gasteiger partial charge in [-0.05, 0) is 46.8 Å². The molecule has 0 amide bonds. The molecule has 27 heavy (non-hydrogen) atoms. The summed E-state index contributed by atoms with van der Waals surface area (Å²) in [6.07, 6.45) is 0. The lowest BCUT2D eigenvalue weighted by molar-refractivity contribution is 0.287. The number of rotatable bonds is 8. The van der Waals surface area contributed by atoms with Crippen molar-refractivity contribution in [2.45, 2.75) is 19.7 Å². The monoisotopic (exact) mass is 427 g/mol. The fourth-order valence-electron chi connectivity index (χ4n) is 2.51. The maximum atomic E-state index is 12.9. The van der Waals surface area contributed by atoms with Gasteiger partial charge in [0.1, 0.15) is 12.4 Å². The van der Waals surface area contributed by atoms with Crippen molar-refractivity contribution < 1.29 is 13.9 Å². The van der Waals surface area contributed by atoms with Gasteiger partial charge in [-0.3, -0.25) is 0 Å². The molecule has 3 aromatic rings. The molecule has 1 N–H and O–H groups in total. The van der Waals surface area contributed by atoms with Crippen molar-refractivity contribution in [1.29, 1.82) is 0 Å². The van der Waals surface area contributed by atoms with Crippen molar-refractivity contribution in [2.75, 3.05) is 7.11 Å². The van der Waals surface area contributed by atoms with E-state index in [4.69, 9.17) is 21.1 Å². The molecule has 0 bridgehead atoms. The molecule has 0 atom stereocenters. The molecule has 1 aromatic heterocycles. The summed E-state index contributed by atoms with van der Waals surface area (Å²) in [7, 11) is 1.60. The first-order valence-corrected chi connectivity index (χ1v) is 9.38. The fourth-order valence-corrected chi connectivity index (χ4v) is 3.41. The smallest absolute Gasteiger partial charge is 0.180 e. The lowest BCUT2D eigenvalue weighted by Crippen LogP contribution is -2.13. The van der Waals surface area contributed by atoms with Crippen LogP contribution < -0.4 is 14.8 Å². The molecule has 0 saturated carbocycles. The molecule has 1 heterocycles. The van der Waals surface area contributed by atoms with E-state index >= 15 is 0 Å². The van der Waals surface area contributed by atoms with Crippen LogP contribution in [0, 0.1) is 5.82 Å². The van der Waals surface area contributed by atoms with Gasteiger partial charge in [0.15, 0.2) is 11.5 Å². The minimum Gasteiger partial charge on any atom is -0.493 e.